The van der Waals surface area contributed by atoms with Crippen LogP contribution in [0.25, 0.3) is 11.6 Å². The number of carboxylic acids is 1. The van der Waals surface area contributed by atoms with E-state index < -0.39 is 17.8 Å². The fourth-order valence-corrected chi connectivity index (χ4v) is 3.27. The number of fused-ring (bicyclic) bond motifs is 1. The summed E-state index contributed by atoms with van der Waals surface area (Å²) >= 11 is 0. The maximum absolute atomic E-state index is 12.5. The maximum atomic E-state index is 12.5. The first kappa shape index (κ1) is 18.2. The molecule has 0 bridgehead atoms. The van der Waals surface area contributed by atoms with Crippen LogP contribution in [0.4, 0.5) is 5.69 Å². The molecule has 0 fully saturated rings. The Hall–Kier alpha value is -3.55. The van der Waals surface area contributed by atoms with Crippen molar-refractivity contribution in [3.8, 4) is 5.75 Å². The summed E-state index contributed by atoms with van der Waals surface area (Å²) in [5.41, 5.74) is 2.75. The lowest BCUT2D eigenvalue weighted by Crippen LogP contribution is -2.08. The van der Waals surface area contributed by atoms with Crippen molar-refractivity contribution >= 4 is 35.2 Å². The van der Waals surface area contributed by atoms with Gasteiger partial charge in [-0.3, -0.25) is 4.79 Å². The minimum atomic E-state index is -1.06. The molecule has 1 aromatic heterocycles. The number of amides is 1. The Morgan fingerprint density at radius 1 is 1.15 bits per heavy atom. The monoisotopic (exact) mass is 370 g/mol. The molecular weight excluding hydrogens is 352 g/mol. The molecule has 1 aromatic carbocycles. The van der Waals surface area contributed by atoms with Crippen LogP contribution in [0, 0.1) is 13.8 Å². The van der Waals surface area contributed by atoms with Crippen LogP contribution in [0.1, 0.15) is 43.2 Å². The molecule has 8 heteroatoms. The molecule has 27 heavy (non-hydrogen) atoms. The van der Waals surface area contributed by atoms with Crippen molar-refractivity contribution < 1.29 is 29.0 Å². The van der Waals surface area contributed by atoms with Gasteiger partial charge in [0.15, 0.2) is 0 Å². The highest BCUT2D eigenvalue weighted by atomic mass is 16.5. The minimum Gasteiger partial charge on any atom is -0.496 e. The van der Waals surface area contributed by atoms with Crippen LogP contribution in [0.3, 0.4) is 0 Å². The first-order chi connectivity index (χ1) is 12.8. The van der Waals surface area contributed by atoms with Gasteiger partial charge >= 0.3 is 11.9 Å². The molecule has 3 rings (SSSR count). The smallest absolute Gasteiger partial charge is 0.342 e. The Morgan fingerprint density at radius 3 is 2.41 bits per heavy atom. The second-order valence-corrected chi connectivity index (χ2v) is 6.04. The van der Waals surface area contributed by atoms with Crippen molar-refractivity contribution in [1.82, 2.24) is 4.98 Å². The van der Waals surface area contributed by atoms with Crippen molar-refractivity contribution in [3.05, 3.63) is 45.8 Å². The molecule has 8 nitrogen and oxygen atoms in total. The molecular formula is C19H18N2O6. The zero-order valence-electron chi connectivity index (χ0n) is 15.2. The lowest BCUT2D eigenvalue weighted by Gasteiger charge is -2.11. The highest BCUT2D eigenvalue weighted by Gasteiger charge is 2.33. The van der Waals surface area contributed by atoms with Crippen LogP contribution in [0.15, 0.2) is 12.1 Å². The number of benzene rings is 1. The van der Waals surface area contributed by atoms with Gasteiger partial charge in [-0.05, 0) is 37.6 Å². The number of carbonyl (C=O) groups is 3. The van der Waals surface area contributed by atoms with Crippen molar-refractivity contribution in [2.24, 2.45) is 0 Å². The number of carboxylic acid groups (broad SMARTS) is 1. The average molecular weight is 370 g/mol. The highest BCUT2D eigenvalue weighted by Crippen LogP contribution is 2.40. The Morgan fingerprint density at radius 2 is 1.85 bits per heavy atom. The predicted molar refractivity (Wildman–Crippen MR) is 98.1 cm³/mol. The van der Waals surface area contributed by atoms with Crippen LogP contribution < -0.4 is 10.1 Å². The standard InChI is InChI=1S/C19H18N2O6/c1-8-12(20-9(2)14(8)18(23)24)7-10-15-11(21-17(10)22)5-6-13(26-3)16(15)19(25)27-4/h5-7,20H,1-4H3,(H,21,22)(H,23,24). The van der Waals surface area contributed by atoms with Gasteiger partial charge in [-0.1, -0.05) is 0 Å². The number of methoxy groups -OCH3 is 2. The van der Waals surface area contributed by atoms with Crippen molar-refractivity contribution in [1.29, 1.82) is 0 Å². The Balaban J connectivity index is 2.26. The zero-order chi connectivity index (χ0) is 19.9. The Labute approximate surface area is 154 Å². The number of nitrogens with one attached hydrogen (secondary N) is 2. The number of hydrogen-bond donors (Lipinski definition) is 3. The molecule has 0 atom stereocenters. The lowest BCUT2D eigenvalue weighted by atomic mass is 9.98. The summed E-state index contributed by atoms with van der Waals surface area (Å²) in [6.45, 7) is 3.30. The molecule has 1 aliphatic heterocycles. The van der Waals surface area contributed by atoms with E-state index in [1.807, 2.05) is 0 Å². The number of aromatic carboxylic acids is 1. The number of aromatic amines is 1. The van der Waals surface area contributed by atoms with E-state index in [4.69, 9.17) is 9.47 Å². The van der Waals surface area contributed by atoms with Gasteiger partial charge in [-0.15, -0.1) is 0 Å². The van der Waals surface area contributed by atoms with E-state index in [1.165, 1.54) is 20.3 Å². The maximum Gasteiger partial charge on any atom is 0.342 e. The number of aromatic nitrogens is 1. The number of H-pyrrole nitrogens is 1. The van der Waals surface area contributed by atoms with Gasteiger partial charge in [0.25, 0.3) is 5.91 Å². The molecule has 0 unspecified atom stereocenters. The number of anilines is 1. The third-order valence-corrected chi connectivity index (χ3v) is 4.52. The topological polar surface area (TPSA) is 118 Å². The lowest BCUT2D eigenvalue weighted by molar-refractivity contribution is -0.110. The summed E-state index contributed by atoms with van der Waals surface area (Å²) in [4.78, 5) is 39.3. The molecule has 140 valence electrons. The molecule has 1 amide bonds. The number of aryl methyl sites for hydroxylation is 1. The quantitative estimate of drug-likeness (QED) is 0.562. The molecule has 0 saturated carbocycles. The average Bonchev–Trinajstić information content (AvgIpc) is 3.09. The van der Waals surface area contributed by atoms with E-state index in [0.29, 0.717) is 28.2 Å². The molecule has 2 heterocycles. The largest absolute Gasteiger partial charge is 0.496 e. The second-order valence-electron chi connectivity index (χ2n) is 6.04. The Bertz CT molecular complexity index is 1020. The van der Waals surface area contributed by atoms with E-state index in [9.17, 15) is 19.5 Å². The molecule has 0 aliphatic carbocycles. The molecule has 1 aliphatic rings. The SMILES string of the molecule is COC(=O)c1c(OC)ccc2c1C(=Cc1[nH]c(C)c(C(=O)O)c1C)C(=O)N2. The number of ether oxygens (including phenoxy) is 2. The van der Waals surface area contributed by atoms with E-state index in [0.717, 1.165) is 0 Å². The predicted octanol–water partition coefficient (Wildman–Crippen LogP) is 2.62. The first-order valence-electron chi connectivity index (χ1n) is 8.05. The summed E-state index contributed by atoms with van der Waals surface area (Å²) in [7, 11) is 2.66. The molecule has 0 saturated heterocycles. The summed E-state index contributed by atoms with van der Waals surface area (Å²) in [5, 5.41) is 12.1. The third-order valence-electron chi connectivity index (χ3n) is 4.52. The summed E-state index contributed by atoms with van der Waals surface area (Å²) in [6.07, 6.45) is 1.53. The minimum absolute atomic E-state index is 0.126. The van der Waals surface area contributed by atoms with Gasteiger partial charge in [-0.2, -0.15) is 0 Å². The van der Waals surface area contributed by atoms with Gasteiger partial charge in [0.2, 0.25) is 0 Å². The van der Waals surface area contributed by atoms with Gasteiger partial charge < -0.3 is 24.9 Å². The molecule has 0 radical (unpaired) electrons. The zero-order valence-corrected chi connectivity index (χ0v) is 15.2. The van der Waals surface area contributed by atoms with Crippen LogP contribution >= 0.6 is 0 Å². The molecule has 0 spiro atoms. The highest BCUT2D eigenvalue weighted by molar-refractivity contribution is 6.36. The fraction of sp³-hybridized carbons (Fsp3) is 0.211. The van der Waals surface area contributed by atoms with Gasteiger partial charge in [0, 0.05) is 17.0 Å². The van der Waals surface area contributed by atoms with Gasteiger partial charge in [-0.25, -0.2) is 9.59 Å². The molecule has 3 N–H and O–H groups in total. The number of esters is 1. The van der Waals surface area contributed by atoms with E-state index in [1.54, 1.807) is 26.0 Å². The Kier molecular flexibility index (Phi) is 4.49. The normalized spacial score (nSPS) is 14.1. The first-order valence-corrected chi connectivity index (χ1v) is 8.05. The molecule has 2 aromatic rings. The van der Waals surface area contributed by atoms with Gasteiger partial charge in [0.1, 0.15) is 11.3 Å². The van der Waals surface area contributed by atoms with E-state index in [2.05, 4.69) is 10.3 Å². The number of rotatable bonds is 4. The van der Waals surface area contributed by atoms with Crippen LogP contribution in [0.5, 0.6) is 5.75 Å². The van der Waals surface area contributed by atoms with Crippen LogP contribution in [0.2, 0.25) is 0 Å². The second kappa shape index (κ2) is 6.64. The van der Waals surface area contributed by atoms with Gasteiger partial charge in [0.05, 0.1) is 31.0 Å². The van der Waals surface area contributed by atoms with E-state index in [-0.39, 0.29) is 22.4 Å². The summed E-state index contributed by atoms with van der Waals surface area (Å²) in [6, 6.07) is 3.20. The number of carbonyl (C=O) groups excluding carboxylic acids is 2. The van der Waals surface area contributed by atoms with E-state index >= 15 is 0 Å². The number of hydrogen-bond acceptors (Lipinski definition) is 5. The summed E-state index contributed by atoms with van der Waals surface area (Å²) in [5.74, 6) is -1.84. The van der Waals surface area contributed by atoms with Crippen molar-refractivity contribution in [3.63, 3.8) is 0 Å². The fourth-order valence-electron chi connectivity index (χ4n) is 3.27. The van der Waals surface area contributed by atoms with Crippen molar-refractivity contribution in [2.75, 3.05) is 19.5 Å². The van der Waals surface area contributed by atoms with Crippen molar-refractivity contribution in [2.45, 2.75) is 13.8 Å². The third kappa shape index (κ3) is 2.84. The summed E-state index contributed by atoms with van der Waals surface area (Å²) < 4.78 is 10.1. The van der Waals surface area contributed by atoms with Crippen LogP contribution in [-0.4, -0.2) is 42.2 Å². The van der Waals surface area contributed by atoms with Crippen LogP contribution in [-0.2, 0) is 9.53 Å².